The first-order valence-corrected chi connectivity index (χ1v) is 5.23. The number of aromatic nitrogens is 2. The van der Waals surface area contributed by atoms with E-state index in [-0.39, 0.29) is 11.9 Å². The molecule has 5 nitrogen and oxygen atoms in total. The van der Waals surface area contributed by atoms with E-state index in [2.05, 4.69) is 22.4 Å². The highest BCUT2D eigenvalue weighted by atomic mass is 16.5. The summed E-state index contributed by atoms with van der Waals surface area (Å²) < 4.78 is 4.96. The molecule has 1 aromatic heterocycles. The second-order valence-electron chi connectivity index (χ2n) is 3.57. The minimum absolute atomic E-state index is 0.0280. The van der Waals surface area contributed by atoms with Crippen LogP contribution >= 0.6 is 0 Å². The van der Waals surface area contributed by atoms with Crippen molar-refractivity contribution < 1.29 is 9.32 Å². The van der Waals surface area contributed by atoms with Gasteiger partial charge in [0.25, 0.3) is 0 Å². The molecule has 1 N–H and O–H groups in total. The summed E-state index contributed by atoms with van der Waals surface area (Å²) in [6.07, 6.45) is 2.47. The summed E-state index contributed by atoms with van der Waals surface area (Å²) in [5.41, 5.74) is 0. The van der Waals surface area contributed by atoms with Crippen LogP contribution < -0.4 is 5.32 Å². The Morgan fingerprint density at radius 3 is 2.87 bits per heavy atom. The summed E-state index contributed by atoms with van der Waals surface area (Å²) >= 11 is 0. The molecule has 0 aliphatic carbocycles. The first kappa shape index (κ1) is 11.7. The summed E-state index contributed by atoms with van der Waals surface area (Å²) in [4.78, 5) is 15.4. The van der Waals surface area contributed by atoms with E-state index in [0.717, 1.165) is 12.8 Å². The fourth-order valence-electron chi connectivity index (χ4n) is 1.20. The molecule has 0 fully saturated rings. The Labute approximate surface area is 89.2 Å². The van der Waals surface area contributed by atoms with E-state index in [1.807, 2.05) is 6.92 Å². The second kappa shape index (κ2) is 5.48. The highest BCUT2D eigenvalue weighted by Gasteiger charge is 2.14. The summed E-state index contributed by atoms with van der Waals surface area (Å²) in [6, 6.07) is -0.212. The maximum Gasteiger partial charge on any atom is 0.248 e. The molecular weight excluding hydrogens is 194 g/mol. The van der Waals surface area contributed by atoms with Crippen molar-refractivity contribution in [2.24, 2.45) is 0 Å². The monoisotopic (exact) mass is 211 g/mol. The van der Waals surface area contributed by atoms with Crippen molar-refractivity contribution in [2.75, 3.05) is 0 Å². The molecular formula is C10H17N3O2. The molecule has 0 aromatic carbocycles. The van der Waals surface area contributed by atoms with Crippen LogP contribution in [0.1, 0.15) is 50.9 Å². The van der Waals surface area contributed by atoms with Gasteiger partial charge in [-0.25, -0.2) is 0 Å². The largest absolute Gasteiger partial charge is 0.345 e. The van der Waals surface area contributed by atoms with Gasteiger partial charge in [0.05, 0.1) is 0 Å². The summed E-state index contributed by atoms with van der Waals surface area (Å²) in [6.45, 7) is 5.63. The van der Waals surface area contributed by atoms with Crippen LogP contribution in [-0.2, 0) is 4.79 Å². The zero-order valence-electron chi connectivity index (χ0n) is 9.41. The average Bonchev–Trinajstić information content (AvgIpc) is 2.61. The van der Waals surface area contributed by atoms with Gasteiger partial charge in [0.2, 0.25) is 11.8 Å². The molecule has 15 heavy (non-hydrogen) atoms. The van der Waals surface area contributed by atoms with Crippen LogP contribution in [0.5, 0.6) is 0 Å². The number of aryl methyl sites for hydroxylation is 1. The summed E-state index contributed by atoms with van der Waals surface area (Å²) in [7, 11) is 0. The van der Waals surface area contributed by atoms with E-state index in [0.29, 0.717) is 18.1 Å². The van der Waals surface area contributed by atoms with Crippen molar-refractivity contribution in [3.8, 4) is 0 Å². The standard InChI is InChI=1S/C10H17N3O2/c1-4-5-6-9(14)11-7(2)10-12-8(3)13-15-10/h7H,4-6H2,1-3H3,(H,11,14). The van der Waals surface area contributed by atoms with Crippen LogP contribution in [0, 0.1) is 6.92 Å². The molecule has 1 amide bonds. The van der Waals surface area contributed by atoms with Gasteiger partial charge in [0.15, 0.2) is 5.82 Å². The molecule has 0 bridgehead atoms. The molecule has 0 aliphatic heterocycles. The van der Waals surface area contributed by atoms with Gasteiger partial charge in [-0.2, -0.15) is 4.98 Å². The van der Waals surface area contributed by atoms with E-state index in [1.165, 1.54) is 0 Å². The molecule has 1 unspecified atom stereocenters. The van der Waals surface area contributed by atoms with Crippen molar-refractivity contribution in [2.45, 2.75) is 46.1 Å². The lowest BCUT2D eigenvalue weighted by Gasteiger charge is -2.08. The Bertz CT molecular complexity index is 322. The van der Waals surface area contributed by atoms with Crippen molar-refractivity contribution >= 4 is 5.91 Å². The van der Waals surface area contributed by atoms with Crippen molar-refractivity contribution in [1.82, 2.24) is 15.5 Å². The number of hydrogen-bond donors (Lipinski definition) is 1. The molecule has 1 heterocycles. The lowest BCUT2D eigenvalue weighted by molar-refractivity contribution is -0.122. The first-order chi connectivity index (χ1) is 7.13. The van der Waals surface area contributed by atoms with Crippen molar-refractivity contribution in [3.63, 3.8) is 0 Å². The zero-order chi connectivity index (χ0) is 11.3. The lowest BCUT2D eigenvalue weighted by atomic mass is 10.2. The summed E-state index contributed by atoms with van der Waals surface area (Å²) in [5, 5.41) is 6.48. The highest BCUT2D eigenvalue weighted by molar-refractivity contribution is 5.76. The maximum atomic E-state index is 11.4. The van der Waals surface area contributed by atoms with Gasteiger partial charge in [0, 0.05) is 6.42 Å². The molecule has 84 valence electrons. The average molecular weight is 211 g/mol. The fraction of sp³-hybridized carbons (Fsp3) is 0.700. The molecule has 1 atom stereocenters. The van der Waals surface area contributed by atoms with Crippen LogP contribution in [0.15, 0.2) is 4.52 Å². The van der Waals surface area contributed by atoms with Gasteiger partial charge in [-0.3, -0.25) is 4.79 Å². The Kier molecular flexibility index (Phi) is 4.27. The van der Waals surface area contributed by atoms with E-state index >= 15 is 0 Å². The van der Waals surface area contributed by atoms with Crippen LogP contribution in [0.4, 0.5) is 0 Å². The SMILES string of the molecule is CCCCC(=O)NC(C)c1nc(C)no1. The third-order valence-corrected chi connectivity index (χ3v) is 2.05. The van der Waals surface area contributed by atoms with Gasteiger partial charge in [-0.15, -0.1) is 0 Å². The van der Waals surface area contributed by atoms with Crippen LogP contribution in [0.3, 0.4) is 0 Å². The predicted molar refractivity (Wildman–Crippen MR) is 55.1 cm³/mol. The van der Waals surface area contributed by atoms with E-state index < -0.39 is 0 Å². The lowest BCUT2D eigenvalue weighted by Crippen LogP contribution is -2.26. The smallest absolute Gasteiger partial charge is 0.248 e. The Hall–Kier alpha value is -1.39. The molecule has 0 spiro atoms. The van der Waals surface area contributed by atoms with E-state index in [9.17, 15) is 4.79 Å². The second-order valence-corrected chi connectivity index (χ2v) is 3.57. The zero-order valence-corrected chi connectivity index (χ0v) is 9.41. The van der Waals surface area contributed by atoms with Crippen molar-refractivity contribution in [3.05, 3.63) is 11.7 Å². The van der Waals surface area contributed by atoms with Crippen LogP contribution in [0.2, 0.25) is 0 Å². The highest BCUT2D eigenvalue weighted by Crippen LogP contribution is 2.09. The summed E-state index contributed by atoms with van der Waals surface area (Å²) in [5.74, 6) is 1.07. The van der Waals surface area contributed by atoms with Gasteiger partial charge in [0.1, 0.15) is 6.04 Å². The van der Waals surface area contributed by atoms with Gasteiger partial charge in [-0.05, 0) is 20.3 Å². The quantitative estimate of drug-likeness (QED) is 0.805. The molecule has 0 radical (unpaired) electrons. The number of nitrogens with one attached hydrogen (secondary N) is 1. The van der Waals surface area contributed by atoms with Gasteiger partial charge < -0.3 is 9.84 Å². The van der Waals surface area contributed by atoms with Gasteiger partial charge >= 0.3 is 0 Å². The fourth-order valence-corrected chi connectivity index (χ4v) is 1.20. The maximum absolute atomic E-state index is 11.4. The van der Waals surface area contributed by atoms with Crippen molar-refractivity contribution in [1.29, 1.82) is 0 Å². The number of amides is 1. The normalized spacial score (nSPS) is 12.5. The van der Waals surface area contributed by atoms with Gasteiger partial charge in [-0.1, -0.05) is 18.5 Å². The molecule has 1 rings (SSSR count). The Morgan fingerprint density at radius 1 is 1.60 bits per heavy atom. The van der Waals surface area contributed by atoms with Crippen LogP contribution in [0.25, 0.3) is 0 Å². The minimum Gasteiger partial charge on any atom is -0.345 e. The number of nitrogens with zero attached hydrogens (tertiary/aromatic N) is 2. The number of hydrogen-bond acceptors (Lipinski definition) is 4. The molecule has 5 heteroatoms. The van der Waals surface area contributed by atoms with E-state index in [4.69, 9.17) is 4.52 Å². The Balaban J connectivity index is 2.41. The van der Waals surface area contributed by atoms with E-state index in [1.54, 1.807) is 6.92 Å². The van der Waals surface area contributed by atoms with Crippen LogP contribution in [-0.4, -0.2) is 16.0 Å². The Morgan fingerprint density at radius 2 is 2.33 bits per heavy atom. The number of unbranched alkanes of at least 4 members (excludes halogenated alkanes) is 1. The number of carbonyl (C=O) groups is 1. The third kappa shape index (κ3) is 3.69. The molecule has 0 aliphatic rings. The minimum atomic E-state index is -0.212. The predicted octanol–water partition coefficient (Wildman–Crippen LogP) is 1.75. The third-order valence-electron chi connectivity index (χ3n) is 2.05. The number of rotatable bonds is 5. The topological polar surface area (TPSA) is 68.0 Å². The number of carbonyl (C=O) groups excluding carboxylic acids is 1. The molecule has 1 aromatic rings. The first-order valence-electron chi connectivity index (χ1n) is 5.23. The molecule has 0 saturated carbocycles. The molecule has 0 saturated heterocycles.